The number of nitrogens with zero attached hydrogens (tertiary/aromatic N) is 3. The molecule has 1 aromatic carbocycles. The molecule has 7 heteroatoms. The van der Waals surface area contributed by atoms with Crippen LogP contribution < -0.4 is 0 Å². The largest absolute Gasteiger partial charge is 0.383 e. The maximum atomic E-state index is 13.1. The number of hydrogen-bond donors (Lipinski definition) is 1. The Morgan fingerprint density at radius 3 is 2.54 bits per heavy atom. The molecule has 1 N–H and O–H groups in total. The highest BCUT2D eigenvalue weighted by molar-refractivity contribution is 6.42. The van der Waals surface area contributed by atoms with Crippen molar-refractivity contribution in [2.75, 3.05) is 19.6 Å². The first kappa shape index (κ1) is 26.3. The van der Waals surface area contributed by atoms with Crippen LogP contribution in [0.1, 0.15) is 67.1 Å². The molecule has 194 valence electrons. The zero-order valence-corrected chi connectivity index (χ0v) is 22.7. The molecular formula is C30H33Cl2N3O2. The number of aryl methyl sites for hydroxylation is 1. The predicted octanol–water partition coefficient (Wildman–Crippen LogP) is 6.24. The summed E-state index contributed by atoms with van der Waals surface area (Å²) in [5, 5.41) is 12.3. The fourth-order valence-electron chi connectivity index (χ4n) is 6.04. The zero-order valence-electron chi connectivity index (χ0n) is 21.2. The van der Waals surface area contributed by atoms with Gasteiger partial charge in [-0.25, -0.2) is 0 Å². The van der Waals surface area contributed by atoms with Crippen LogP contribution in [0.15, 0.2) is 60.8 Å². The average molecular weight is 539 g/mol. The smallest absolute Gasteiger partial charge is 0.141 e. The molecule has 2 atom stereocenters. The molecule has 2 fully saturated rings. The molecule has 1 unspecified atom stereocenters. The second-order valence-electron chi connectivity index (χ2n) is 10.7. The zero-order chi connectivity index (χ0) is 26.0. The van der Waals surface area contributed by atoms with Gasteiger partial charge in [0.2, 0.25) is 0 Å². The van der Waals surface area contributed by atoms with E-state index < -0.39 is 5.60 Å². The van der Waals surface area contributed by atoms with Gasteiger partial charge in [0.05, 0.1) is 27.4 Å². The summed E-state index contributed by atoms with van der Waals surface area (Å²) in [5.41, 5.74) is 2.57. The number of Topliss-reactive ketones (excluding diaryl/α,β-unsaturated/α-hetero) is 1. The summed E-state index contributed by atoms with van der Waals surface area (Å²) in [5.74, 6) is 0.0193. The molecule has 3 heterocycles. The van der Waals surface area contributed by atoms with Gasteiger partial charge >= 0.3 is 0 Å². The van der Waals surface area contributed by atoms with Crippen molar-refractivity contribution in [3.63, 3.8) is 0 Å². The molecule has 1 saturated heterocycles. The normalized spacial score (nSPS) is 24.2. The first-order chi connectivity index (χ1) is 17.8. The molecule has 1 aliphatic heterocycles. The fraction of sp³-hybridized carbons (Fsp3) is 0.433. The Labute approximate surface area is 228 Å². The van der Waals surface area contributed by atoms with E-state index in [1.165, 1.54) is 0 Å². The molecule has 3 aromatic rings. The van der Waals surface area contributed by atoms with Crippen molar-refractivity contribution >= 4 is 29.0 Å². The summed E-state index contributed by atoms with van der Waals surface area (Å²) in [6, 6.07) is 17.6. The number of hydrogen-bond acceptors (Lipinski definition) is 5. The molecule has 0 radical (unpaired) electrons. The van der Waals surface area contributed by atoms with Crippen LogP contribution in [0.25, 0.3) is 0 Å². The van der Waals surface area contributed by atoms with Gasteiger partial charge in [0.15, 0.2) is 0 Å². The third-order valence-corrected chi connectivity index (χ3v) is 9.10. The van der Waals surface area contributed by atoms with Crippen LogP contribution in [-0.4, -0.2) is 45.4 Å². The molecule has 2 aliphatic rings. The Bertz CT molecular complexity index is 1260. The van der Waals surface area contributed by atoms with E-state index in [-0.39, 0.29) is 17.1 Å². The molecular weight excluding hydrogens is 505 g/mol. The number of halogens is 2. The first-order valence-corrected chi connectivity index (χ1v) is 13.8. The van der Waals surface area contributed by atoms with Gasteiger partial charge in [-0.15, -0.1) is 0 Å². The second kappa shape index (κ2) is 10.8. The topological polar surface area (TPSA) is 66.3 Å². The Hall–Kier alpha value is -2.31. The van der Waals surface area contributed by atoms with Crippen LogP contribution >= 0.6 is 23.2 Å². The van der Waals surface area contributed by atoms with Crippen LogP contribution in [0.2, 0.25) is 10.0 Å². The molecule has 0 bridgehead atoms. The molecule has 0 amide bonds. The van der Waals surface area contributed by atoms with Gasteiger partial charge in [0.1, 0.15) is 11.4 Å². The van der Waals surface area contributed by atoms with Gasteiger partial charge in [0, 0.05) is 31.4 Å². The molecule has 1 saturated carbocycles. The van der Waals surface area contributed by atoms with Gasteiger partial charge in [-0.1, -0.05) is 41.4 Å². The number of carbonyl (C=O) groups excluding carboxylic acids is 1. The number of aliphatic hydroxyl groups is 1. The van der Waals surface area contributed by atoms with Gasteiger partial charge in [-0.2, -0.15) is 0 Å². The summed E-state index contributed by atoms with van der Waals surface area (Å²) in [6.45, 7) is 4.44. The summed E-state index contributed by atoms with van der Waals surface area (Å²) in [6.07, 6.45) is 5.92. The van der Waals surface area contributed by atoms with E-state index in [2.05, 4.69) is 16.0 Å². The fourth-order valence-corrected chi connectivity index (χ4v) is 6.34. The summed E-state index contributed by atoms with van der Waals surface area (Å²) >= 11 is 12.8. The van der Waals surface area contributed by atoms with Crippen molar-refractivity contribution in [3.05, 3.63) is 93.5 Å². The van der Waals surface area contributed by atoms with E-state index in [9.17, 15) is 9.90 Å². The van der Waals surface area contributed by atoms with Crippen molar-refractivity contribution in [3.8, 4) is 0 Å². The van der Waals surface area contributed by atoms with E-state index in [0.29, 0.717) is 35.7 Å². The third-order valence-electron chi connectivity index (χ3n) is 8.36. The number of rotatable bonds is 6. The number of piperidine rings is 1. The number of benzene rings is 1. The van der Waals surface area contributed by atoms with Crippen LogP contribution in [-0.2, 0) is 15.8 Å². The lowest BCUT2D eigenvalue weighted by Crippen LogP contribution is -2.45. The summed E-state index contributed by atoms with van der Waals surface area (Å²) < 4.78 is 0. The van der Waals surface area contributed by atoms with E-state index >= 15 is 0 Å². The van der Waals surface area contributed by atoms with E-state index in [1.807, 2.05) is 55.5 Å². The van der Waals surface area contributed by atoms with Crippen LogP contribution in [0, 0.1) is 6.92 Å². The lowest BCUT2D eigenvalue weighted by atomic mass is 9.63. The van der Waals surface area contributed by atoms with Crippen LogP contribution in [0.5, 0.6) is 0 Å². The predicted molar refractivity (Wildman–Crippen MR) is 147 cm³/mol. The highest BCUT2D eigenvalue weighted by atomic mass is 35.5. The quantitative estimate of drug-likeness (QED) is 0.403. The Kier molecular flexibility index (Phi) is 7.69. The minimum absolute atomic E-state index is 0.215. The van der Waals surface area contributed by atoms with Crippen molar-refractivity contribution in [2.45, 2.75) is 62.4 Å². The van der Waals surface area contributed by atoms with E-state index in [4.69, 9.17) is 28.2 Å². The lowest BCUT2D eigenvalue weighted by molar-refractivity contribution is -0.123. The lowest BCUT2D eigenvalue weighted by Gasteiger charge is -2.43. The molecule has 1 aliphatic carbocycles. The Morgan fingerprint density at radius 2 is 1.84 bits per heavy atom. The van der Waals surface area contributed by atoms with Crippen molar-refractivity contribution in [1.29, 1.82) is 0 Å². The van der Waals surface area contributed by atoms with Crippen molar-refractivity contribution in [2.24, 2.45) is 0 Å². The maximum absolute atomic E-state index is 13.1. The summed E-state index contributed by atoms with van der Waals surface area (Å²) in [4.78, 5) is 24.7. The highest BCUT2D eigenvalue weighted by Gasteiger charge is 2.43. The number of aromatic nitrogens is 2. The number of ketones is 1. The minimum Gasteiger partial charge on any atom is -0.383 e. The average Bonchev–Trinajstić information content (AvgIpc) is 2.91. The van der Waals surface area contributed by atoms with Gasteiger partial charge in [-0.3, -0.25) is 14.8 Å². The highest BCUT2D eigenvalue weighted by Crippen LogP contribution is 2.47. The SMILES string of the molecule is Cc1cccc(C2C[C@@](CCN3CCC(O)(c4ccccn4)CC3)(c3ccc(Cl)c(Cl)c3)CCC2=O)n1. The molecule has 37 heavy (non-hydrogen) atoms. The maximum Gasteiger partial charge on any atom is 0.141 e. The minimum atomic E-state index is -0.877. The Balaban J connectivity index is 1.37. The van der Waals surface area contributed by atoms with Gasteiger partial charge < -0.3 is 10.0 Å². The molecule has 0 spiro atoms. The number of likely N-dealkylation sites (tertiary alicyclic amines) is 1. The number of carbonyl (C=O) groups is 1. The van der Waals surface area contributed by atoms with Gasteiger partial charge in [-0.05, 0) is 92.9 Å². The van der Waals surface area contributed by atoms with Gasteiger partial charge in [0.25, 0.3) is 0 Å². The number of pyridine rings is 2. The molecule has 5 rings (SSSR count). The standard InChI is InChI=1S/C30H33Cl2N3O2/c1-21-5-4-6-26(34-21)23-20-29(11-10-27(23)36,22-8-9-24(31)25(32)19-22)12-16-35-17-13-30(37,14-18-35)28-7-2-3-15-33-28/h2-9,15,19,23,37H,10-14,16-18,20H2,1H3/t23?,29-/m1/s1. The first-order valence-electron chi connectivity index (χ1n) is 13.1. The summed E-state index contributed by atoms with van der Waals surface area (Å²) in [7, 11) is 0. The van der Waals surface area contributed by atoms with Crippen LogP contribution in [0.3, 0.4) is 0 Å². The third kappa shape index (κ3) is 5.61. The van der Waals surface area contributed by atoms with Crippen molar-refractivity contribution < 1.29 is 9.90 Å². The second-order valence-corrected chi connectivity index (χ2v) is 11.5. The molecule has 5 nitrogen and oxygen atoms in total. The molecule has 2 aromatic heterocycles. The van der Waals surface area contributed by atoms with E-state index in [1.54, 1.807) is 6.20 Å². The Morgan fingerprint density at radius 1 is 1.03 bits per heavy atom. The van der Waals surface area contributed by atoms with Crippen molar-refractivity contribution in [1.82, 2.24) is 14.9 Å². The monoisotopic (exact) mass is 537 g/mol. The van der Waals surface area contributed by atoms with Crippen LogP contribution in [0.4, 0.5) is 0 Å². The van der Waals surface area contributed by atoms with E-state index in [0.717, 1.165) is 55.1 Å².